The topological polar surface area (TPSA) is 79.1 Å². The zero-order valence-corrected chi connectivity index (χ0v) is 17.6. The first kappa shape index (κ1) is 21.2. The molecule has 5 nitrogen and oxygen atoms in total. The van der Waals surface area contributed by atoms with Crippen molar-refractivity contribution in [2.45, 2.75) is 25.2 Å². The summed E-state index contributed by atoms with van der Waals surface area (Å²) < 4.78 is 0. The van der Waals surface area contributed by atoms with Crippen molar-refractivity contribution in [2.75, 3.05) is 13.1 Å². The number of benzene rings is 2. The molecule has 4 N–H and O–H groups in total. The summed E-state index contributed by atoms with van der Waals surface area (Å²) in [6.07, 6.45) is 6.17. The summed E-state index contributed by atoms with van der Waals surface area (Å²) >= 11 is 12.4. The van der Waals surface area contributed by atoms with Gasteiger partial charge < -0.3 is 16.0 Å². The number of aromatic amines is 1. The highest BCUT2D eigenvalue weighted by Crippen LogP contribution is 2.30. The second kappa shape index (κ2) is 10.9. The lowest BCUT2D eigenvalue weighted by atomic mass is 9.88. The van der Waals surface area contributed by atoms with Gasteiger partial charge in [-0.3, -0.25) is 4.99 Å². The van der Waals surface area contributed by atoms with E-state index in [1.807, 2.05) is 42.6 Å². The van der Waals surface area contributed by atoms with Gasteiger partial charge >= 0.3 is 0 Å². The van der Waals surface area contributed by atoms with Gasteiger partial charge in [0.05, 0.1) is 6.33 Å². The zero-order chi connectivity index (χ0) is 20.5. The van der Waals surface area contributed by atoms with Crippen molar-refractivity contribution in [3.8, 4) is 0 Å². The summed E-state index contributed by atoms with van der Waals surface area (Å²) in [4.78, 5) is 11.5. The highest BCUT2D eigenvalue weighted by molar-refractivity contribution is 6.31. The molecule has 3 rings (SSSR count). The Hall–Kier alpha value is -2.50. The number of nitrogens with zero attached hydrogens (tertiary/aromatic N) is 2. The summed E-state index contributed by atoms with van der Waals surface area (Å²) in [6, 6.07) is 15.9. The number of hydrogen-bond acceptors (Lipinski definition) is 2. The number of halogens is 2. The summed E-state index contributed by atoms with van der Waals surface area (Å²) in [6.45, 7) is 1.36. The number of imidazole rings is 1. The number of aliphatic imine (C=N–C) groups is 1. The Morgan fingerprint density at radius 3 is 2.38 bits per heavy atom. The van der Waals surface area contributed by atoms with Crippen molar-refractivity contribution in [3.05, 3.63) is 87.9 Å². The van der Waals surface area contributed by atoms with E-state index in [2.05, 4.69) is 32.4 Å². The molecule has 0 bridgehead atoms. The number of nitrogens with two attached hydrogens (primary N) is 1. The van der Waals surface area contributed by atoms with Crippen LogP contribution in [0.2, 0.25) is 10.0 Å². The average molecular weight is 430 g/mol. The molecule has 1 aromatic heterocycles. The van der Waals surface area contributed by atoms with Gasteiger partial charge in [-0.1, -0.05) is 47.5 Å². The molecule has 0 radical (unpaired) electrons. The normalized spacial score (nSPS) is 11.8. The van der Waals surface area contributed by atoms with Crippen LogP contribution in [0.5, 0.6) is 0 Å². The van der Waals surface area contributed by atoms with Gasteiger partial charge in [0.25, 0.3) is 0 Å². The maximum absolute atomic E-state index is 6.21. The Morgan fingerprint density at radius 2 is 1.79 bits per heavy atom. The van der Waals surface area contributed by atoms with Crippen LogP contribution in [0.4, 0.5) is 0 Å². The van der Waals surface area contributed by atoms with Crippen LogP contribution in [0, 0.1) is 0 Å². The van der Waals surface area contributed by atoms with Crippen molar-refractivity contribution >= 4 is 29.2 Å². The molecular weight excluding hydrogens is 405 g/mol. The second-order valence-corrected chi connectivity index (χ2v) is 7.70. The Balaban J connectivity index is 1.56. The van der Waals surface area contributed by atoms with Gasteiger partial charge in [-0.25, -0.2) is 4.98 Å². The van der Waals surface area contributed by atoms with E-state index >= 15 is 0 Å². The van der Waals surface area contributed by atoms with Crippen LogP contribution in [0.15, 0.2) is 66.0 Å². The minimum atomic E-state index is 0.160. The predicted molar refractivity (Wildman–Crippen MR) is 121 cm³/mol. The molecule has 0 aliphatic rings. The van der Waals surface area contributed by atoms with Crippen LogP contribution in [0.25, 0.3) is 0 Å². The van der Waals surface area contributed by atoms with Gasteiger partial charge in [0.1, 0.15) is 0 Å². The van der Waals surface area contributed by atoms with E-state index in [9.17, 15) is 0 Å². The van der Waals surface area contributed by atoms with Gasteiger partial charge in [0.2, 0.25) is 0 Å². The van der Waals surface area contributed by atoms with Crippen molar-refractivity contribution < 1.29 is 0 Å². The zero-order valence-electron chi connectivity index (χ0n) is 16.1. The molecule has 3 aromatic rings. The minimum Gasteiger partial charge on any atom is -0.370 e. The molecule has 0 aliphatic carbocycles. The Morgan fingerprint density at radius 1 is 1.10 bits per heavy atom. The van der Waals surface area contributed by atoms with E-state index < -0.39 is 0 Å². The van der Waals surface area contributed by atoms with Crippen molar-refractivity contribution in [2.24, 2.45) is 10.7 Å². The third kappa shape index (κ3) is 6.80. The van der Waals surface area contributed by atoms with Crippen LogP contribution in [0.3, 0.4) is 0 Å². The molecule has 0 spiro atoms. The molecule has 1 heterocycles. The number of aryl methyl sites for hydroxylation is 1. The van der Waals surface area contributed by atoms with E-state index in [-0.39, 0.29) is 5.92 Å². The molecule has 0 amide bonds. The first-order valence-electron chi connectivity index (χ1n) is 9.64. The molecule has 29 heavy (non-hydrogen) atoms. The van der Waals surface area contributed by atoms with E-state index in [0.29, 0.717) is 19.0 Å². The fraction of sp³-hybridized carbons (Fsp3) is 0.273. The van der Waals surface area contributed by atoms with Gasteiger partial charge in [-0.15, -0.1) is 0 Å². The highest BCUT2D eigenvalue weighted by atomic mass is 35.5. The van der Waals surface area contributed by atoms with Crippen molar-refractivity contribution in [1.29, 1.82) is 0 Å². The standard InChI is InChI=1S/C22H25Cl2N5/c23-18-6-1-4-16(12-18)21(17-5-2-7-19(24)13-17)9-11-28-22(25)27-10-3-8-20-14-26-15-29-20/h1-2,4-7,12-15,21H,3,8-11H2,(H,26,29)(H3,25,27,28). The van der Waals surface area contributed by atoms with Crippen LogP contribution in [-0.2, 0) is 6.42 Å². The van der Waals surface area contributed by atoms with Crippen LogP contribution < -0.4 is 11.1 Å². The molecule has 0 saturated carbocycles. The summed E-state index contributed by atoms with van der Waals surface area (Å²) in [5, 5.41) is 4.66. The number of aromatic nitrogens is 2. The van der Waals surface area contributed by atoms with Crippen LogP contribution in [-0.4, -0.2) is 29.0 Å². The maximum Gasteiger partial charge on any atom is 0.188 e. The number of nitrogens with one attached hydrogen (secondary N) is 2. The molecule has 152 valence electrons. The molecular formula is C22H25Cl2N5. The van der Waals surface area contributed by atoms with Gasteiger partial charge in [0, 0.05) is 40.9 Å². The quantitative estimate of drug-likeness (QED) is 0.260. The third-order valence-electron chi connectivity index (χ3n) is 4.68. The maximum atomic E-state index is 6.21. The Labute approximate surface area is 181 Å². The monoisotopic (exact) mass is 429 g/mol. The smallest absolute Gasteiger partial charge is 0.188 e. The number of hydrogen-bond donors (Lipinski definition) is 3. The van der Waals surface area contributed by atoms with Gasteiger partial charge in [0.15, 0.2) is 5.96 Å². The molecule has 2 aromatic carbocycles. The van der Waals surface area contributed by atoms with E-state index in [4.69, 9.17) is 28.9 Å². The molecule has 7 heteroatoms. The second-order valence-electron chi connectivity index (χ2n) is 6.83. The Bertz CT molecular complexity index is 879. The first-order chi connectivity index (χ1) is 14.1. The van der Waals surface area contributed by atoms with Crippen LogP contribution in [0.1, 0.15) is 35.6 Å². The average Bonchev–Trinajstić information content (AvgIpc) is 3.22. The van der Waals surface area contributed by atoms with Gasteiger partial charge in [-0.2, -0.15) is 0 Å². The van der Waals surface area contributed by atoms with Crippen LogP contribution >= 0.6 is 23.2 Å². The fourth-order valence-electron chi connectivity index (χ4n) is 3.26. The lowest BCUT2D eigenvalue weighted by Gasteiger charge is -2.19. The third-order valence-corrected chi connectivity index (χ3v) is 5.15. The predicted octanol–water partition coefficient (Wildman–Crippen LogP) is 4.78. The Kier molecular flexibility index (Phi) is 7.96. The molecule has 0 unspecified atom stereocenters. The fourth-order valence-corrected chi connectivity index (χ4v) is 3.66. The molecule has 0 fully saturated rings. The largest absolute Gasteiger partial charge is 0.370 e. The highest BCUT2D eigenvalue weighted by Gasteiger charge is 2.15. The SMILES string of the molecule is NC(=NCCCc1cnc[nH]1)NCCC(c1cccc(Cl)c1)c1cccc(Cl)c1. The molecule has 0 aliphatic heterocycles. The van der Waals surface area contributed by atoms with Crippen molar-refractivity contribution in [3.63, 3.8) is 0 Å². The van der Waals surface area contributed by atoms with E-state index in [0.717, 1.165) is 46.1 Å². The lowest BCUT2D eigenvalue weighted by Crippen LogP contribution is -2.33. The molecule has 0 atom stereocenters. The summed E-state index contributed by atoms with van der Waals surface area (Å²) in [7, 11) is 0. The van der Waals surface area contributed by atoms with E-state index in [1.165, 1.54) is 0 Å². The molecule has 0 saturated heterocycles. The summed E-state index contributed by atoms with van der Waals surface area (Å²) in [5.41, 5.74) is 9.43. The van der Waals surface area contributed by atoms with Crippen molar-refractivity contribution in [1.82, 2.24) is 15.3 Å². The lowest BCUT2D eigenvalue weighted by molar-refractivity contribution is 0.687. The summed E-state index contributed by atoms with van der Waals surface area (Å²) in [5.74, 6) is 0.624. The first-order valence-corrected chi connectivity index (χ1v) is 10.4. The van der Waals surface area contributed by atoms with Gasteiger partial charge in [-0.05, 0) is 54.7 Å². The number of rotatable bonds is 9. The minimum absolute atomic E-state index is 0.160. The number of guanidine groups is 1. The number of H-pyrrole nitrogens is 1. The van der Waals surface area contributed by atoms with E-state index in [1.54, 1.807) is 6.33 Å².